The van der Waals surface area contributed by atoms with Crippen LogP contribution in [0.1, 0.15) is 18.9 Å². The van der Waals surface area contributed by atoms with Gasteiger partial charge in [-0.2, -0.15) is 0 Å². The molecule has 1 unspecified atom stereocenters. The summed E-state index contributed by atoms with van der Waals surface area (Å²) >= 11 is 0. The molecule has 0 saturated carbocycles. The van der Waals surface area contributed by atoms with E-state index in [1.54, 1.807) is 0 Å². The summed E-state index contributed by atoms with van der Waals surface area (Å²) in [6, 6.07) is 10.7. The van der Waals surface area contributed by atoms with Crippen LogP contribution in [0, 0.1) is 0 Å². The fraction of sp³-hybridized carbons (Fsp3) is 0.308. The van der Waals surface area contributed by atoms with Crippen LogP contribution in [0.4, 0.5) is 0 Å². The molecule has 15 heavy (non-hydrogen) atoms. The molecule has 0 aliphatic heterocycles. The maximum atomic E-state index is 5.93. The van der Waals surface area contributed by atoms with Crippen LogP contribution in [0.15, 0.2) is 36.5 Å². The van der Waals surface area contributed by atoms with Crippen LogP contribution in [0.3, 0.4) is 0 Å². The third-order valence-corrected chi connectivity index (χ3v) is 2.69. The zero-order chi connectivity index (χ0) is 10.7. The molecular weight excluding hydrogens is 184 g/mol. The smallest absolute Gasteiger partial charge is 0.0704 e. The van der Waals surface area contributed by atoms with Gasteiger partial charge in [-0.3, -0.25) is 4.98 Å². The number of nitrogens with zero attached hydrogens (tertiary/aromatic N) is 1. The normalized spacial score (nSPS) is 12.9. The molecule has 2 aromatic rings. The molecule has 0 spiro atoms. The van der Waals surface area contributed by atoms with Crippen molar-refractivity contribution >= 4 is 10.9 Å². The van der Waals surface area contributed by atoms with Crippen LogP contribution in [0.25, 0.3) is 10.9 Å². The van der Waals surface area contributed by atoms with Gasteiger partial charge in [0, 0.05) is 17.6 Å². The van der Waals surface area contributed by atoms with Crippen molar-refractivity contribution in [2.24, 2.45) is 5.73 Å². The van der Waals surface area contributed by atoms with Crippen LogP contribution in [-0.2, 0) is 6.42 Å². The molecule has 0 aliphatic carbocycles. The Balaban J connectivity index is 2.30. The molecular formula is C13H16N2. The van der Waals surface area contributed by atoms with E-state index in [-0.39, 0.29) is 6.04 Å². The Morgan fingerprint density at radius 2 is 2.20 bits per heavy atom. The predicted octanol–water partition coefficient (Wildman–Crippen LogP) is 2.51. The lowest BCUT2D eigenvalue weighted by Crippen LogP contribution is -2.21. The van der Waals surface area contributed by atoms with E-state index in [0.717, 1.165) is 18.4 Å². The Morgan fingerprint density at radius 1 is 1.33 bits per heavy atom. The number of aromatic nitrogens is 1. The molecule has 1 heterocycles. The first-order valence-electron chi connectivity index (χ1n) is 5.39. The Morgan fingerprint density at radius 3 is 3.00 bits per heavy atom. The number of hydrogen-bond donors (Lipinski definition) is 1. The molecule has 2 rings (SSSR count). The summed E-state index contributed by atoms with van der Waals surface area (Å²) in [5, 5.41) is 1.19. The van der Waals surface area contributed by atoms with Gasteiger partial charge in [-0.15, -0.1) is 0 Å². The highest BCUT2D eigenvalue weighted by atomic mass is 14.6. The minimum absolute atomic E-state index is 0.256. The summed E-state index contributed by atoms with van der Waals surface area (Å²) in [7, 11) is 0. The average molecular weight is 200 g/mol. The summed E-state index contributed by atoms with van der Waals surface area (Å²) in [6.45, 7) is 2.12. The maximum Gasteiger partial charge on any atom is 0.0704 e. The second-order valence-electron chi connectivity index (χ2n) is 3.90. The van der Waals surface area contributed by atoms with Crippen LogP contribution in [-0.4, -0.2) is 11.0 Å². The highest BCUT2D eigenvalue weighted by Gasteiger charge is 2.02. The van der Waals surface area contributed by atoms with E-state index >= 15 is 0 Å². The molecule has 2 heteroatoms. The average Bonchev–Trinajstić information content (AvgIpc) is 2.29. The highest BCUT2D eigenvalue weighted by molar-refractivity contribution is 5.78. The molecule has 1 atom stereocenters. The Labute approximate surface area is 90.1 Å². The predicted molar refractivity (Wildman–Crippen MR) is 63.7 cm³/mol. The number of nitrogens with two attached hydrogens (primary N) is 1. The Kier molecular flexibility index (Phi) is 2.97. The number of hydrogen-bond acceptors (Lipinski definition) is 2. The van der Waals surface area contributed by atoms with Crippen molar-refractivity contribution < 1.29 is 0 Å². The Bertz CT molecular complexity index is 451. The van der Waals surface area contributed by atoms with Gasteiger partial charge in [0.15, 0.2) is 0 Å². The van der Waals surface area contributed by atoms with E-state index in [9.17, 15) is 0 Å². The molecule has 2 N–H and O–H groups in total. The van der Waals surface area contributed by atoms with Gasteiger partial charge >= 0.3 is 0 Å². The number of rotatable bonds is 3. The van der Waals surface area contributed by atoms with Gasteiger partial charge < -0.3 is 5.73 Å². The zero-order valence-electron chi connectivity index (χ0n) is 8.98. The monoisotopic (exact) mass is 200 g/mol. The minimum atomic E-state index is 0.256. The summed E-state index contributed by atoms with van der Waals surface area (Å²) in [4.78, 5) is 4.33. The summed E-state index contributed by atoms with van der Waals surface area (Å²) < 4.78 is 0. The summed E-state index contributed by atoms with van der Waals surface area (Å²) in [5.74, 6) is 0. The molecule has 1 aromatic heterocycles. The first-order valence-corrected chi connectivity index (χ1v) is 5.39. The van der Waals surface area contributed by atoms with Crippen molar-refractivity contribution in [1.82, 2.24) is 4.98 Å². The van der Waals surface area contributed by atoms with Gasteiger partial charge in [-0.1, -0.05) is 25.1 Å². The third kappa shape index (κ3) is 2.34. The van der Waals surface area contributed by atoms with Gasteiger partial charge in [-0.05, 0) is 30.5 Å². The summed E-state index contributed by atoms with van der Waals surface area (Å²) in [5.41, 5.74) is 8.26. The number of benzene rings is 1. The van der Waals surface area contributed by atoms with E-state index < -0.39 is 0 Å². The largest absolute Gasteiger partial charge is 0.327 e. The number of pyridine rings is 1. The van der Waals surface area contributed by atoms with Crippen LogP contribution < -0.4 is 5.73 Å². The fourth-order valence-electron chi connectivity index (χ4n) is 1.69. The van der Waals surface area contributed by atoms with Crippen molar-refractivity contribution in [3.8, 4) is 0 Å². The van der Waals surface area contributed by atoms with Crippen LogP contribution in [0.2, 0.25) is 0 Å². The minimum Gasteiger partial charge on any atom is -0.327 e. The first-order chi connectivity index (χ1) is 7.29. The summed E-state index contributed by atoms with van der Waals surface area (Å²) in [6.07, 6.45) is 3.77. The fourth-order valence-corrected chi connectivity index (χ4v) is 1.69. The molecule has 0 bridgehead atoms. The topological polar surface area (TPSA) is 38.9 Å². The lowest BCUT2D eigenvalue weighted by Gasteiger charge is -2.08. The SMILES string of the molecule is CCC(N)Cc1ccc2cccnc2c1. The molecule has 2 nitrogen and oxygen atoms in total. The lowest BCUT2D eigenvalue weighted by molar-refractivity contribution is 0.647. The van der Waals surface area contributed by atoms with Crippen molar-refractivity contribution in [1.29, 1.82) is 0 Å². The van der Waals surface area contributed by atoms with Gasteiger partial charge in [0.1, 0.15) is 0 Å². The zero-order valence-corrected chi connectivity index (χ0v) is 8.98. The highest BCUT2D eigenvalue weighted by Crippen LogP contribution is 2.14. The van der Waals surface area contributed by atoms with Crippen molar-refractivity contribution in [3.63, 3.8) is 0 Å². The molecule has 78 valence electrons. The molecule has 0 saturated heterocycles. The first kappa shape index (κ1) is 10.1. The molecule has 0 aliphatic rings. The Hall–Kier alpha value is -1.41. The van der Waals surface area contributed by atoms with E-state index in [2.05, 4.69) is 36.2 Å². The molecule has 0 amide bonds. The number of fused-ring (bicyclic) bond motifs is 1. The van der Waals surface area contributed by atoms with E-state index in [1.165, 1.54) is 10.9 Å². The standard InChI is InChI=1S/C13H16N2/c1-2-12(14)8-10-5-6-11-4-3-7-15-13(11)9-10/h3-7,9,12H,2,8,14H2,1H3. The van der Waals surface area contributed by atoms with Crippen LogP contribution in [0.5, 0.6) is 0 Å². The lowest BCUT2D eigenvalue weighted by atomic mass is 10.0. The molecule has 0 fully saturated rings. The van der Waals surface area contributed by atoms with Gasteiger partial charge in [0.25, 0.3) is 0 Å². The third-order valence-electron chi connectivity index (χ3n) is 2.69. The molecule has 0 radical (unpaired) electrons. The van der Waals surface area contributed by atoms with E-state index in [4.69, 9.17) is 5.73 Å². The maximum absolute atomic E-state index is 5.93. The van der Waals surface area contributed by atoms with Crippen molar-refractivity contribution in [2.75, 3.05) is 0 Å². The van der Waals surface area contributed by atoms with Crippen LogP contribution >= 0.6 is 0 Å². The van der Waals surface area contributed by atoms with Crippen molar-refractivity contribution in [3.05, 3.63) is 42.1 Å². The van der Waals surface area contributed by atoms with Gasteiger partial charge in [0.2, 0.25) is 0 Å². The van der Waals surface area contributed by atoms with Gasteiger partial charge in [-0.25, -0.2) is 0 Å². The second-order valence-corrected chi connectivity index (χ2v) is 3.90. The van der Waals surface area contributed by atoms with Gasteiger partial charge in [0.05, 0.1) is 5.52 Å². The van der Waals surface area contributed by atoms with Crippen molar-refractivity contribution in [2.45, 2.75) is 25.8 Å². The quantitative estimate of drug-likeness (QED) is 0.826. The van der Waals surface area contributed by atoms with E-state index in [1.807, 2.05) is 12.3 Å². The van der Waals surface area contributed by atoms with E-state index in [0.29, 0.717) is 0 Å². The molecule has 1 aromatic carbocycles. The second kappa shape index (κ2) is 4.41.